The average Bonchev–Trinajstić information content (AvgIpc) is 2.63. The third kappa shape index (κ3) is 2.39. The predicted molar refractivity (Wildman–Crippen MR) is 58.5 cm³/mol. The Hall–Kier alpha value is -1.29. The van der Waals surface area contributed by atoms with Crippen LogP contribution in [0.15, 0.2) is 18.5 Å². The van der Waals surface area contributed by atoms with Gasteiger partial charge in [-0.2, -0.15) is 0 Å². The molecule has 0 saturated carbocycles. The molecular weight excluding hydrogens is 190 g/mol. The fraction of sp³-hybridized carbons (Fsp3) is 0.545. The highest BCUT2D eigenvalue weighted by atomic mass is 16.2. The molecule has 1 aliphatic heterocycles. The van der Waals surface area contributed by atoms with E-state index >= 15 is 0 Å². The molecule has 0 radical (unpaired) electrons. The van der Waals surface area contributed by atoms with Gasteiger partial charge >= 0.3 is 0 Å². The second kappa shape index (κ2) is 4.49. The highest BCUT2D eigenvalue weighted by molar-refractivity contribution is 5.79. The average molecular weight is 207 g/mol. The molecule has 1 amide bonds. The topological polar surface area (TPSA) is 48.1 Å². The molecule has 0 spiro atoms. The van der Waals surface area contributed by atoms with Crippen LogP contribution in [-0.2, 0) is 11.2 Å². The summed E-state index contributed by atoms with van der Waals surface area (Å²) in [4.78, 5) is 16.6. The predicted octanol–water partition coefficient (Wildman–Crippen LogP) is 0.235. The standard InChI is InChI=1S/C11H17N3O/c1-14(11(15)10-7-13-8-10)5-3-9-2-4-12-6-9/h2,4,6,10,12-13H,3,5,7-8H2,1H3. The molecule has 2 N–H and O–H groups in total. The number of nitrogens with zero attached hydrogens (tertiary/aromatic N) is 1. The first kappa shape index (κ1) is 10.2. The maximum atomic E-state index is 11.8. The zero-order valence-corrected chi connectivity index (χ0v) is 8.99. The molecule has 4 nitrogen and oxygen atoms in total. The number of aromatic nitrogens is 1. The molecule has 1 fully saturated rings. The molecule has 1 aromatic rings. The van der Waals surface area contributed by atoms with Gasteiger partial charge in [-0.1, -0.05) is 0 Å². The van der Waals surface area contributed by atoms with Gasteiger partial charge in [-0.15, -0.1) is 0 Å². The first-order chi connectivity index (χ1) is 7.27. The minimum Gasteiger partial charge on any atom is -0.367 e. The summed E-state index contributed by atoms with van der Waals surface area (Å²) in [6.45, 7) is 2.48. The SMILES string of the molecule is CN(CCc1cc[nH]c1)C(=O)C1CNC1. The van der Waals surface area contributed by atoms with Crippen LogP contribution < -0.4 is 5.32 Å². The fourth-order valence-corrected chi connectivity index (χ4v) is 1.70. The van der Waals surface area contributed by atoms with Gasteiger partial charge in [0.1, 0.15) is 0 Å². The van der Waals surface area contributed by atoms with Crippen LogP contribution in [0.3, 0.4) is 0 Å². The summed E-state index contributed by atoms with van der Waals surface area (Å²) in [5, 5.41) is 3.11. The maximum Gasteiger partial charge on any atom is 0.228 e. The Morgan fingerprint density at radius 3 is 2.93 bits per heavy atom. The van der Waals surface area contributed by atoms with Crippen molar-refractivity contribution < 1.29 is 4.79 Å². The molecule has 0 aliphatic carbocycles. The van der Waals surface area contributed by atoms with Gasteiger partial charge in [0.15, 0.2) is 0 Å². The van der Waals surface area contributed by atoms with Crippen LogP contribution in [-0.4, -0.2) is 42.5 Å². The summed E-state index contributed by atoms with van der Waals surface area (Å²) in [5.74, 6) is 0.477. The van der Waals surface area contributed by atoms with Gasteiger partial charge in [-0.3, -0.25) is 4.79 Å². The van der Waals surface area contributed by atoms with E-state index in [4.69, 9.17) is 0 Å². The van der Waals surface area contributed by atoms with Crippen molar-refractivity contribution in [1.29, 1.82) is 0 Å². The quantitative estimate of drug-likeness (QED) is 0.742. The number of amides is 1. The van der Waals surface area contributed by atoms with E-state index in [0.29, 0.717) is 0 Å². The highest BCUT2D eigenvalue weighted by Crippen LogP contribution is 2.07. The summed E-state index contributed by atoms with van der Waals surface area (Å²) in [6.07, 6.45) is 4.81. The number of H-pyrrole nitrogens is 1. The van der Waals surface area contributed by atoms with Crippen LogP contribution in [0.1, 0.15) is 5.56 Å². The van der Waals surface area contributed by atoms with Crippen LogP contribution in [0.4, 0.5) is 0 Å². The smallest absolute Gasteiger partial charge is 0.228 e. The van der Waals surface area contributed by atoms with Gasteiger partial charge in [0.2, 0.25) is 5.91 Å². The number of nitrogens with one attached hydrogen (secondary N) is 2. The fourth-order valence-electron chi connectivity index (χ4n) is 1.70. The summed E-state index contributed by atoms with van der Waals surface area (Å²) in [7, 11) is 1.88. The van der Waals surface area contributed by atoms with E-state index in [0.717, 1.165) is 26.1 Å². The lowest BCUT2D eigenvalue weighted by Gasteiger charge is -2.30. The van der Waals surface area contributed by atoms with Gasteiger partial charge in [0.05, 0.1) is 5.92 Å². The molecule has 1 aromatic heterocycles. The summed E-state index contributed by atoms with van der Waals surface area (Å²) >= 11 is 0. The summed E-state index contributed by atoms with van der Waals surface area (Å²) < 4.78 is 0. The molecule has 0 unspecified atom stereocenters. The van der Waals surface area contributed by atoms with Crippen LogP contribution in [0.5, 0.6) is 0 Å². The van der Waals surface area contributed by atoms with E-state index < -0.39 is 0 Å². The number of aromatic amines is 1. The van der Waals surface area contributed by atoms with E-state index in [2.05, 4.69) is 10.3 Å². The summed E-state index contributed by atoms with van der Waals surface area (Å²) in [6, 6.07) is 2.04. The molecule has 0 bridgehead atoms. The van der Waals surface area contributed by atoms with Crippen molar-refractivity contribution in [2.45, 2.75) is 6.42 Å². The van der Waals surface area contributed by atoms with Gasteiger partial charge in [0.25, 0.3) is 0 Å². The largest absolute Gasteiger partial charge is 0.367 e. The second-order valence-corrected chi connectivity index (χ2v) is 4.08. The van der Waals surface area contributed by atoms with E-state index in [1.165, 1.54) is 5.56 Å². The molecule has 2 heterocycles. The Kier molecular flexibility index (Phi) is 3.06. The monoisotopic (exact) mass is 207 g/mol. The molecule has 0 aromatic carbocycles. The van der Waals surface area contributed by atoms with Crippen LogP contribution in [0.25, 0.3) is 0 Å². The molecular formula is C11H17N3O. The molecule has 82 valence electrons. The van der Waals surface area contributed by atoms with E-state index in [1.807, 2.05) is 30.4 Å². The molecule has 15 heavy (non-hydrogen) atoms. The van der Waals surface area contributed by atoms with Crippen LogP contribution >= 0.6 is 0 Å². The van der Waals surface area contributed by atoms with Crippen LogP contribution in [0.2, 0.25) is 0 Å². The molecule has 1 aliphatic rings. The zero-order chi connectivity index (χ0) is 10.7. The Morgan fingerprint density at radius 1 is 1.60 bits per heavy atom. The number of carbonyl (C=O) groups is 1. The van der Waals surface area contributed by atoms with Crippen molar-refractivity contribution in [2.75, 3.05) is 26.7 Å². The van der Waals surface area contributed by atoms with Gasteiger partial charge in [-0.25, -0.2) is 0 Å². The Labute approximate surface area is 89.7 Å². The maximum absolute atomic E-state index is 11.8. The number of rotatable bonds is 4. The Morgan fingerprint density at radius 2 is 2.40 bits per heavy atom. The summed E-state index contributed by atoms with van der Waals surface area (Å²) in [5.41, 5.74) is 1.25. The molecule has 1 saturated heterocycles. The molecule has 4 heteroatoms. The normalized spacial score (nSPS) is 16.1. The third-order valence-electron chi connectivity index (χ3n) is 2.91. The number of hydrogen-bond acceptors (Lipinski definition) is 2. The Bertz CT molecular complexity index is 317. The minimum absolute atomic E-state index is 0.209. The van der Waals surface area contributed by atoms with Crippen molar-refractivity contribution in [3.05, 3.63) is 24.0 Å². The van der Waals surface area contributed by atoms with Crippen molar-refractivity contribution in [1.82, 2.24) is 15.2 Å². The van der Waals surface area contributed by atoms with Crippen molar-refractivity contribution >= 4 is 5.91 Å². The minimum atomic E-state index is 0.209. The van der Waals surface area contributed by atoms with E-state index in [1.54, 1.807) is 0 Å². The molecule has 0 atom stereocenters. The number of carbonyl (C=O) groups excluding carboxylic acids is 1. The van der Waals surface area contributed by atoms with Gasteiger partial charge in [0, 0.05) is 39.1 Å². The lowest BCUT2D eigenvalue weighted by Crippen LogP contribution is -2.51. The third-order valence-corrected chi connectivity index (χ3v) is 2.91. The second-order valence-electron chi connectivity index (χ2n) is 4.08. The van der Waals surface area contributed by atoms with E-state index in [9.17, 15) is 4.79 Å². The lowest BCUT2D eigenvalue weighted by molar-refractivity contribution is -0.135. The van der Waals surface area contributed by atoms with Crippen molar-refractivity contribution in [3.63, 3.8) is 0 Å². The first-order valence-electron chi connectivity index (χ1n) is 5.35. The zero-order valence-electron chi connectivity index (χ0n) is 8.99. The Balaban J connectivity index is 1.76. The van der Waals surface area contributed by atoms with Gasteiger partial charge in [-0.05, 0) is 18.1 Å². The lowest BCUT2D eigenvalue weighted by atomic mass is 10.0. The highest BCUT2D eigenvalue weighted by Gasteiger charge is 2.27. The van der Waals surface area contributed by atoms with Crippen LogP contribution in [0, 0.1) is 5.92 Å². The van der Waals surface area contributed by atoms with Crippen molar-refractivity contribution in [3.8, 4) is 0 Å². The molecule has 2 rings (SSSR count). The van der Waals surface area contributed by atoms with E-state index in [-0.39, 0.29) is 11.8 Å². The van der Waals surface area contributed by atoms with Gasteiger partial charge < -0.3 is 15.2 Å². The first-order valence-corrected chi connectivity index (χ1v) is 5.35. The number of likely N-dealkylation sites (N-methyl/N-ethyl adjacent to an activating group) is 1. The van der Waals surface area contributed by atoms with Crippen molar-refractivity contribution in [2.24, 2.45) is 5.92 Å². The number of hydrogen-bond donors (Lipinski definition) is 2.